The van der Waals surface area contributed by atoms with E-state index in [0.717, 1.165) is 25.1 Å². The van der Waals surface area contributed by atoms with Crippen LogP contribution >= 0.6 is 0 Å². The number of methoxy groups -OCH3 is 1. The number of nitrogens with one attached hydrogen (secondary N) is 1. The lowest BCUT2D eigenvalue weighted by Crippen LogP contribution is -2.35. The van der Waals surface area contributed by atoms with Crippen LogP contribution in [0.5, 0.6) is 5.75 Å². The van der Waals surface area contributed by atoms with Gasteiger partial charge in [-0.15, -0.1) is 0 Å². The number of piperidine rings is 1. The number of rotatable bonds is 6. The third kappa shape index (κ3) is 4.88. The van der Waals surface area contributed by atoms with E-state index in [1.54, 1.807) is 53.4 Å². The largest absolute Gasteiger partial charge is 0.482 e. The van der Waals surface area contributed by atoms with Gasteiger partial charge in [0.25, 0.3) is 5.91 Å². The first-order chi connectivity index (χ1) is 13.6. The average molecular weight is 382 g/mol. The monoisotopic (exact) mass is 382 g/mol. The fourth-order valence-electron chi connectivity index (χ4n) is 2.91. The quantitative estimate of drug-likeness (QED) is 0.777. The van der Waals surface area contributed by atoms with Crippen molar-refractivity contribution in [2.45, 2.75) is 19.3 Å². The van der Waals surface area contributed by atoms with Crippen LogP contribution in [0.2, 0.25) is 0 Å². The lowest BCUT2D eigenvalue weighted by Gasteiger charge is -2.26. The summed E-state index contributed by atoms with van der Waals surface area (Å²) in [5.74, 6) is -0.0938. The fourth-order valence-corrected chi connectivity index (χ4v) is 2.91. The first-order valence-corrected chi connectivity index (χ1v) is 9.08. The maximum Gasteiger partial charge on any atom is 0.343 e. The molecule has 1 N–H and O–H groups in total. The van der Waals surface area contributed by atoms with E-state index in [0.29, 0.717) is 23.4 Å². The Bertz CT molecular complexity index is 846. The summed E-state index contributed by atoms with van der Waals surface area (Å²) in [4.78, 5) is 37.2. The molecule has 0 unspecified atom stereocenters. The minimum atomic E-state index is -0.466. The van der Waals surface area contributed by atoms with E-state index in [2.05, 4.69) is 10.1 Å². The van der Waals surface area contributed by atoms with Crippen LogP contribution in [-0.4, -0.2) is 38.0 Å². The zero-order valence-corrected chi connectivity index (χ0v) is 15.6. The number of carbonyl (C=O) groups is 3. The first-order valence-electron chi connectivity index (χ1n) is 9.08. The van der Waals surface area contributed by atoms with Gasteiger partial charge >= 0.3 is 5.97 Å². The second-order valence-electron chi connectivity index (χ2n) is 6.39. The standard InChI is InChI=1S/C21H22N2O5/c1-27-20(25)14-28-18-11-7-16(8-12-18)22-21(26)15-5-9-17(10-6-15)23-13-3-2-4-19(23)24/h5-12H,2-4,13-14H2,1H3,(H,22,26). The van der Waals surface area contributed by atoms with Gasteiger partial charge in [-0.05, 0) is 61.4 Å². The van der Waals surface area contributed by atoms with Gasteiger partial charge in [0.1, 0.15) is 5.75 Å². The molecular formula is C21H22N2O5. The van der Waals surface area contributed by atoms with Gasteiger partial charge < -0.3 is 19.7 Å². The normalized spacial score (nSPS) is 13.8. The molecule has 3 rings (SSSR count). The molecule has 2 amide bonds. The van der Waals surface area contributed by atoms with Crippen LogP contribution in [0.3, 0.4) is 0 Å². The number of esters is 1. The predicted octanol–water partition coefficient (Wildman–Crippen LogP) is 3.01. The Labute approximate surface area is 163 Å². The summed E-state index contributed by atoms with van der Waals surface area (Å²) in [6.07, 6.45) is 2.50. The summed E-state index contributed by atoms with van der Waals surface area (Å²) in [5, 5.41) is 2.80. The van der Waals surface area contributed by atoms with Crippen LogP contribution in [-0.2, 0) is 14.3 Å². The zero-order chi connectivity index (χ0) is 19.9. The molecule has 28 heavy (non-hydrogen) atoms. The Morgan fingerprint density at radius 3 is 2.39 bits per heavy atom. The molecule has 1 aliphatic rings. The van der Waals surface area contributed by atoms with E-state index < -0.39 is 5.97 Å². The third-order valence-electron chi connectivity index (χ3n) is 4.46. The molecule has 146 valence electrons. The summed E-state index contributed by atoms with van der Waals surface area (Å²) in [6.45, 7) is 0.544. The molecular weight excluding hydrogens is 360 g/mol. The highest BCUT2D eigenvalue weighted by Gasteiger charge is 2.19. The van der Waals surface area contributed by atoms with Crippen LogP contribution < -0.4 is 15.0 Å². The summed E-state index contributed by atoms with van der Waals surface area (Å²) in [5.41, 5.74) is 1.92. The number of hydrogen-bond acceptors (Lipinski definition) is 5. The van der Waals surface area contributed by atoms with Crippen molar-refractivity contribution in [1.82, 2.24) is 0 Å². The first kappa shape index (κ1) is 19.4. The minimum Gasteiger partial charge on any atom is -0.482 e. The summed E-state index contributed by atoms with van der Waals surface area (Å²) >= 11 is 0. The minimum absolute atomic E-state index is 0.123. The lowest BCUT2D eigenvalue weighted by atomic mass is 10.1. The summed E-state index contributed by atoms with van der Waals surface area (Å²) < 4.78 is 9.77. The van der Waals surface area contributed by atoms with Gasteiger partial charge in [0.15, 0.2) is 6.61 Å². The van der Waals surface area contributed by atoms with Crippen molar-refractivity contribution in [3.8, 4) is 5.75 Å². The fraction of sp³-hybridized carbons (Fsp3) is 0.286. The molecule has 2 aromatic carbocycles. The highest BCUT2D eigenvalue weighted by Crippen LogP contribution is 2.22. The Morgan fingerprint density at radius 1 is 1.04 bits per heavy atom. The van der Waals surface area contributed by atoms with Gasteiger partial charge in [-0.3, -0.25) is 9.59 Å². The van der Waals surface area contributed by atoms with Gasteiger partial charge in [-0.2, -0.15) is 0 Å². The smallest absolute Gasteiger partial charge is 0.343 e. The molecule has 0 spiro atoms. The number of anilines is 2. The number of benzene rings is 2. The van der Waals surface area contributed by atoms with Gasteiger partial charge in [0, 0.05) is 29.9 Å². The summed E-state index contributed by atoms with van der Waals surface area (Å²) in [6, 6.07) is 13.7. The van der Waals surface area contributed by atoms with Crippen LogP contribution in [0, 0.1) is 0 Å². The number of amides is 2. The molecule has 1 saturated heterocycles. The molecule has 0 atom stereocenters. The van der Waals surface area contributed by atoms with E-state index in [4.69, 9.17) is 4.74 Å². The highest BCUT2D eigenvalue weighted by atomic mass is 16.6. The zero-order valence-electron chi connectivity index (χ0n) is 15.6. The number of hydrogen-bond donors (Lipinski definition) is 1. The van der Waals surface area contributed by atoms with E-state index in [-0.39, 0.29) is 18.4 Å². The van der Waals surface area contributed by atoms with Crippen molar-refractivity contribution in [1.29, 1.82) is 0 Å². The highest BCUT2D eigenvalue weighted by molar-refractivity contribution is 6.04. The van der Waals surface area contributed by atoms with Crippen molar-refractivity contribution in [3.05, 3.63) is 54.1 Å². The second-order valence-corrected chi connectivity index (χ2v) is 6.39. The Morgan fingerprint density at radius 2 is 1.75 bits per heavy atom. The SMILES string of the molecule is COC(=O)COc1ccc(NC(=O)c2ccc(N3CCCCC3=O)cc2)cc1. The van der Waals surface area contributed by atoms with Crippen molar-refractivity contribution < 1.29 is 23.9 Å². The van der Waals surface area contributed by atoms with E-state index in [1.165, 1.54) is 7.11 Å². The molecule has 2 aromatic rings. The van der Waals surface area contributed by atoms with Crippen molar-refractivity contribution in [2.75, 3.05) is 30.5 Å². The van der Waals surface area contributed by atoms with Gasteiger partial charge in [0.05, 0.1) is 7.11 Å². The van der Waals surface area contributed by atoms with E-state index in [1.807, 2.05) is 0 Å². The van der Waals surface area contributed by atoms with Crippen LogP contribution in [0.15, 0.2) is 48.5 Å². The lowest BCUT2D eigenvalue weighted by molar-refractivity contribution is -0.142. The van der Waals surface area contributed by atoms with Crippen molar-refractivity contribution >= 4 is 29.2 Å². The average Bonchev–Trinajstić information content (AvgIpc) is 2.73. The van der Waals surface area contributed by atoms with E-state index in [9.17, 15) is 14.4 Å². The van der Waals surface area contributed by atoms with Crippen LogP contribution in [0.25, 0.3) is 0 Å². The third-order valence-corrected chi connectivity index (χ3v) is 4.46. The van der Waals surface area contributed by atoms with Gasteiger partial charge in [-0.1, -0.05) is 0 Å². The van der Waals surface area contributed by atoms with Crippen molar-refractivity contribution in [3.63, 3.8) is 0 Å². The molecule has 0 aromatic heterocycles. The summed E-state index contributed by atoms with van der Waals surface area (Å²) in [7, 11) is 1.29. The van der Waals surface area contributed by atoms with Gasteiger partial charge in [0.2, 0.25) is 5.91 Å². The Kier molecular flexibility index (Phi) is 6.26. The molecule has 0 aliphatic carbocycles. The molecule has 1 aliphatic heterocycles. The number of carbonyl (C=O) groups excluding carboxylic acids is 3. The number of ether oxygens (including phenoxy) is 2. The topological polar surface area (TPSA) is 84.9 Å². The molecule has 1 heterocycles. The maximum absolute atomic E-state index is 12.4. The molecule has 1 fully saturated rings. The van der Waals surface area contributed by atoms with Gasteiger partial charge in [-0.25, -0.2) is 4.79 Å². The van der Waals surface area contributed by atoms with E-state index >= 15 is 0 Å². The Hall–Kier alpha value is -3.35. The molecule has 7 nitrogen and oxygen atoms in total. The maximum atomic E-state index is 12.4. The number of nitrogens with zero attached hydrogens (tertiary/aromatic N) is 1. The molecule has 0 bridgehead atoms. The second kappa shape index (κ2) is 9.03. The molecule has 0 radical (unpaired) electrons. The molecule has 7 heteroatoms. The van der Waals surface area contributed by atoms with Crippen LogP contribution in [0.1, 0.15) is 29.6 Å². The van der Waals surface area contributed by atoms with Crippen LogP contribution in [0.4, 0.5) is 11.4 Å². The molecule has 0 saturated carbocycles. The predicted molar refractivity (Wildman–Crippen MR) is 105 cm³/mol. The van der Waals surface area contributed by atoms with Crippen molar-refractivity contribution in [2.24, 2.45) is 0 Å². The Balaban J connectivity index is 1.58.